The Bertz CT molecular complexity index is 1020. The molecule has 4 rings (SSSR count). The van der Waals surface area contributed by atoms with Gasteiger partial charge in [0.05, 0.1) is 28.8 Å². The Balaban J connectivity index is 1.56. The van der Waals surface area contributed by atoms with Crippen molar-refractivity contribution in [3.63, 3.8) is 0 Å². The Morgan fingerprint density at radius 3 is 2.58 bits per heavy atom. The summed E-state index contributed by atoms with van der Waals surface area (Å²) in [6.45, 7) is 2.03. The zero-order valence-corrected chi connectivity index (χ0v) is 15.3. The fraction of sp³-hybridized carbons (Fsp3) is 0.333. The minimum Gasteiger partial charge on any atom is -0.340 e. The monoisotopic (exact) mass is 371 g/mol. The van der Waals surface area contributed by atoms with E-state index < -0.39 is 9.84 Å². The molecule has 1 aliphatic rings. The van der Waals surface area contributed by atoms with E-state index >= 15 is 0 Å². The van der Waals surface area contributed by atoms with Crippen molar-refractivity contribution in [3.8, 4) is 0 Å². The Morgan fingerprint density at radius 2 is 1.88 bits per heavy atom. The number of fused-ring (bicyclic) bond motifs is 1. The third-order valence-corrected chi connectivity index (χ3v) is 5.82. The molecule has 26 heavy (non-hydrogen) atoms. The van der Waals surface area contributed by atoms with Crippen molar-refractivity contribution in [2.24, 2.45) is 0 Å². The predicted molar refractivity (Wildman–Crippen MR) is 102 cm³/mol. The number of hydrogen-bond acceptors (Lipinski definition) is 6. The van der Waals surface area contributed by atoms with Crippen LogP contribution in [0.2, 0.25) is 0 Å². The van der Waals surface area contributed by atoms with Crippen LogP contribution in [-0.2, 0) is 9.84 Å². The van der Waals surface area contributed by atoms with E-state index in [1.807, 2.05) is 18.5 Å². The number of nitrogens with zero attached hydrogens (tertiary/aromatic N) is 3. The highest BCUT2D eigenvalue weighted by Gasteiger charge is 2.18. The average Bonchev–Trinajstić information content (AvgIpc) is 3.05. The molecule has 1 saturated heterocycles. The molecular weight excluding hydrogens is 350 g/mol. The second-order valence-electron chi connectivity index (χ2n) is 6.62. The maximum atomic E-state index is 11.5. The van der Waals surface area contributed by atoms with Gasteiger partial charge in [-0.1, -0.05) is 0 Å². The molecule has 0 aliphatic carbocycles. The number of pyridine rings is 1. The molecule has 1 aliphatic heterocycles. The van der Waals surface area contributed by atoms with Gasteiger partial charge in [0, 0.05) is 17.3 Å². The summed E-state index contributed by atoms with van der Waals surface area (Å²) < 4.78 is 25.1. The minimum absolute atomic E-state index is 0.301. The van der Waals surface area contributed by atoms with Crippen molar-refractivity contribution in [2.45, 2.75) is 23.8 Å². The quantitative estimate of drug-likeness (QED) is 0.732. The van der Waals surface area contributed by atoms with Gasteiger partial charge in [0.15, 0.2) is 9.84 Å². The van der Waals surface area contributed by atoms with Crippen molar-refractivity contribution < 1.29 is 8.42 Å². The molecule has 0 radical (unpaired) electrons. The fourth-order valence-corrected chi connectivity index (χ4v) is 3.92. The zero-order valence-electron chi connectivity index (χ0n) is 14.5. The third kappa shape index (κ3) is 3.42. The lowest BCUT2D eigenvalue weighted by Gasteiger charge is -2.23. The Kier molecular flexibility index (Phi) is 4.37. The van der Waals surface area contributed by atoms with E-state index in [2.05, 4.69) is 25.4 Å². The van der Waals surface area contributed by atoms with Crippen molar-refractivity contribution in [1.29, 1.82) is 0 Å². The fourth-order valence-electron chi connectivity index (χ4n) is 3.29. The largest absolute Gasteiger partial charge is 0.340 e. The molecule has 7 nitrogen and oxygen atoms in total. The molecule has 0 atom stereocenters. The van der Waals surface area contributed by atoms with Crippen LogP contribution in [0.1, 0.15) is 18.9 Å². The first-order valence-electron chi connectivity index (χ1n) is 8.62. The summed E-state index contributed by atoms with van der Waals surface area (Å²) in [5.41, 5.74) is 1.82. The molecule has 8 heteroatoms. The van der Waals surface area contributed by atoms with Gasteiger partial charge in [-0.3, -0.25) is 4.68 Å². The van der Waals surface area contributed by atoms with Crippen LogP contribution in [0.25, 0.3) is 10.9 Å². The number of sulfone groups is 1. The van der Waals surface area contributed by atoms with Crippen molar-refractivity contribution in [1.82, 2.24) is 20.1 Å². The lowest BCUT2D eigenvalue weighted by atomic mass is 10.1. The van der Waals surface area contributed by atoms with Crippen LogP contribution in [0.3, 0.4) is 0 Å². The Hall–Kier alpha value is -2.45. The standard InChI is InChI=1S/C18H21N5O2S/c1-26(24,25)16-4-2-14(3-5-16)22-18-10-13-11-21-23(17(13)12-20-18)15-6-8-19-9-7-15/h2-5,10-12,15,19H,6-9H2,1H3,(H,20,22). The van der Waals surface area contributed by atoms with Crippen LogP contribution in [0.15, 0.2) is 47.6 Å². The van der Waals surface area contributed by atoms with Crippen LogP contribution < -0.4 is 10.6 Å². The lowest BCUT2D eigenvalue weighted by molar-refractivity contribution is 0.351. The van der Waals surface area contributed by atoms with Gasteiger partial charge >= 0.3 is 0 Å². The molecule has 2 N–H and O–H groups in total. The van der Waals surface area contributed by atoms with Gasteiger partial charge in [0.25, 0.3) is 0 Å². The second-order valence-corrected chi connectivity index (χ2v) is 8.64. The minimum atomic E-state index is -3.19. The molecule has 3 aromatic rings. The molecule has 1 fully saturated rings. The van der Waals surface area contributed by atoms with E-state index in [9.17, 15) is 8.42 Å². The second kappa shape index (κ2) is 6.69. The topological polar surface area (TPSA) is 88.9 Å². The van der Waals surface area contributed by atoms with Crippen LogP contribution in [0.4, 0.5) is 11.5 Å². The van der Waals surface area contributed by atoms with Gasteiger partial charge in [-0.25, -0.2) is 13.4 Å². The number of aromatic nitrogens is 3. The molecular formula is C18H21N5O2S. The van der Waals surface area contributed by atoms with Crippen molar-refractivity contribution in [2.75, 3.05) is 24.7 Å². The first-order chi connectivity index (χ1) is 12.5. The van der Waals surface area contributed by atoms with Gasteiger partial charge in [-0.15, -0.1) is 0 Å². The van der Waals surface area contributed by atoms with Crippen LogP contribution in [0, 0.1) is 0 Å². The molecule has 2 aromatic heterocycles. The molecule has 0 spiro atoms. The molecule has 1 aromatic carbocycles. The Morgan fingerprint density at radius 1 is 1.15 bits per heavy atom. The SMILES string of the molecule is CS(=O)(=O)c1ccc(Nc2cc3cnn(C4CCNCC4)c3cn2)cc1. The van der Waals surface area contributed by atoms with Crippen LogP contribution in [0.5, 0.6) is 0 Å². The molecule has 0 saturated carbocycles. The maximum absolute atomic E-state index is 11.5. The van der Waals surface area contributed by atoms with E-state index in [0.29, 0.717) is 16.8 Å². The van der Waals surface area contributed by atoms with Crippen LogP contribution >= 0.6 is 0 Å². The third-order valence-electron chi connectivity index (χ3n) is 4.69. The van der Waals surface area contributed by atoms with Gasteiger partial charge in [0.1, 0.15) is 5.82 Å². The predicted octanol–water partition coefficient (Wildman–Crippen LogP) is 2.50. The van der Waals surface area contributed by atoms with E-state index in [-0.39, 0.29) is 0 Å². The molecule has 136 valence electrons. The summed E-state index contributed by atoms with van der Waals surface area (Å²) in [4.78, 5) is 4.80. The Labute approximate surface area is 152 Å². The van der Waals surface area contributed by atoms with E-state index in [1.165, 1.54) is 6.26 Å². The molecule has 0 bridgehead atoms. The summed E-state index contributed by atoms with van der Waals surface area (Å²) in [6.07, 6.45) is 7.06. The van der Waals surface area contributed by atoms with E-state index in [1.54, 1.807) is 24.3 Å². The van der Waals surface area contributed by atoms with Gasteiger partial charge in [-0.2, -0.15) is 5.10 Å². The number of nitrogens with one attached hydrogen (secondary N) is 2. The van der Waals surface area contributed by atoms with Crippen LogP contribution in [-0.4, -0.2) is 42.5 Å². The van der Waals surface area contributed by atoms with Crippen molar-refractivity contribution in [3.05, 3.63) is 42.7 Å². The van der Waals surface area contributed by atoms with E-state index in [4.69, 9.17) is 0 Å². The molecule has 0 unspecified atom stereocenters. The number of benzene rings is 1. The maximum Gasteiger partial charge on any atom is 0.175 e. The number of hydrogen-bond donors (Lipinski definition) is 2. The number of rotatable bonds is 4. The number of piperidine rings is 1. The average molecular weight is 371 g/mol. The number of anilines is 2. The first kappa shape index (κ1) is 17.0. The highest BCUT2D eigenvalue weighted by Crippen LogP contribution is 2.26. The van der Waals surface area contributed by atoms with Crippen molar-refractivity contribution >= 4 is 32.2 Å². The summed E-state index contributed by atoms with van der Waals surface area (Å²) in [5.74, 6) is 0.703. The summed E-state index contributed by atoms with van der Waals surface area (Å²) in [5, 5.41) is 12.2. The zero-order chi connectivity index (χ0) is 18.1. The highest BCUT2D eigenvalue weighted by atomic mass is 32.2. The smallest absolute Gasteiger partial charge is 0.175 e. The lowest BCUT2D eigenvalue weighted by Crippen LogP contribution is -2.29. The molecule has 3 heterocycles. The van der Waals surface area contributed by atoms with Gasteiger partial charge in [-0.05, 0) is 56.3 Å². The first-order valence-corrected chi connectivity index (χ1v) is 10.5. The van der Waals surface area contributed by atoms with Gasteiger partial charge in [0.2, 0.25) is 0 Å². The highest BCUT2D eigenvalue weighted by molar-refractivity contribution is 7.90. The summed E-state index contributed by atoms with van der Waals surface area (Å²) >= 11 is 0. The summed E-state index contributed by atoms with van der Waals surface area (Å²) in [6, 6.07) is 9.03. The normalized spacial score (nSPS) is 16.0. The van der Waals surface area contributed by atoms with Gasteiger partial charge < -0.3 is 10.6 Å². The summed E-state index contributed by atoms with van der Waals surface area (Å²) in [7, 11) is -3.19. The van der Waals surface area contributed by atoms with E-state index in [0.717, 1.165) is 42.5 Å². The molecule has 0 amide bonds.